The van der Waals surface area contributed by atoms with Gasteiger partial charge in [0, 0.05) is 26.2 Å². The third-order valence-electron chi connectivity index (χ3n) is 7.71. The van der Waals surface area contributed by atoms with Gasteiger partial charge in [0.05, 0.1) is 26.7 Å². The number of hydrogen-bond donors (Lipinski definition) is 2. The van der Waals surface area contributed by atoms with Gasteiger partial charge < -0.3 is 29.8 Å². The number of rotatable bonds is 15. The van der Waals surface area contributed by atoms with Crippen LogP contribution in [0.2, 0.25) is 0 Å². The minimum Gasteiger partial charge on any atom is -0.492 e. The Hall–Kier alpha value is -4.13. The molecule has 2 aromatic heterocycles. The number of aromatic nitrogens is 4. The molecule has 43 heavy (non-hydrogen) atoms. The SMILES string of the molecule is CCCCOc1nc(N)c2[nH]c(=O)n(CCC3CCN(C(=O)CN(C)CCOc4cccc(CC(=O)OC)c4)CC3)c2n1. The first-order valence-corrected chi connectivity index (χ1v) is 14.9. The first kappa shape index (κ1) is 31.8. The van der Waals surface area contributed by atoms with Crippen molar-refractivity contribution in [1.29, 1.82) is 0 Å². The van der Waals surface area contributed by atoms with E-state index in [4.69, 9.17) is 19.9 Å². The molecular formula is C30H43N7O6. The van der Waals surface area contributed by atoms with Gasteiger partial charge in [-0.15, -0.1) is 0 Å². The van der Waals surface area contributed by atoms with E-state index in [1.54, 1.807) is 4.57 Å². The third kappa shape index (κ3) is 8.93. The molecule has 13 nitrogen and oxygen atoms in total. The van der Waals surface area contributed by atoms with Crippen LogP contribution in [0.15, 0.2) is 29.1 Å². The Kier molecular flexibility index (Phi) is 11.4. The number of aromatic amines is 1. The fourth-order valence-corrected chi connectivity index (χ4v) is 5.11. The fourth-order valence-electron chi connectivity index (χ4n) is 5.11. The molecule has 1 aliphatic heterocycles. The maximum absolute atomic E-state index is 12.9. The van der Waals surface area contributed by atoms with Crippen LogP contribution in [0.3, 0.4) is 0 Å². The zero-order valence-electron chi connectivity index (χ0n) is 25.3. The lowest BCUT2D eigenvalue weighted by Crippen LogP contribution is -2.44. The van der Waals surface area contributed by atoms with Crippen molar-refractivity contribution >= 4 is 28.9 Å². The Morgan fingerprint density at radius 1 is 1.16 bits per heavy atom. The van der Waals surface area contributed by atoms with Gasteiger partial charge in [-0.2, -0.15) is 9.97 Å². The highest BCUT2D eigenvalue weighted by Crippen LogP contribution is 2.23. The third-order valence-corrected chi connectivity index (χ3v) is 7.71. The molecule has 1 aliphatic rings. The lowest BCUT2D eigenvalue weighted by molar-refractivity contribution is -0.139. The van der Waals surface area contributed by atoms with Gasteiger partial charge in [-0.25, -0.2) is 4.79 Å². The van der Waals surface area contributed by atoms with Crippen molar-refractivity contribution in [3.05, 3.63) is 40.3 Å². The average molecular weight is 598 g/mol. The summed E-state index contributed by atoms with van der Waals surface area (Å²) in [5.74, 6) is 1.06. The number of methoxy groups -OCH3 is 1. The van der Waals surface area contributed by atoms with Gasteiger partial charge in [0.2, 0.25) is 5.91 Å². The number of esters is 1. The van der Waals surface area contributed by atoms with Crippen LogP contribution in [0.25, 0.3) is 11.2 Å². The van der Waals surface area contributed by atoms with Crippen molar-refractivity contribution in [1.82, 2.24) is 29.3 Å². The Bertz CT molecular complexity index is 1430. The molecule has 1 fully saturated rings. The number of nitrogen functional groups attached to an aromatic ring is 1. The standard InChI is InChI=1S/C30H43N7O6/c1-4-5-16-43-29-33-27(31)26-28(34-29)37(30(40)32-26)14-11-21-9-12-36(13-10-21)24(38)20-35(2)15-17-42-23-8-6-7-22(18-23)19-25(39)41-3/h6-8,18,21H,4-5,9-17,19-20H2,1-3H3,(H,32,40)(H2,31,33,34). The van der Waals surface area contributed by atoms with E-state index in [1.165, 1.54) is 7.11 Å². The van der Waals surface area contributed by atoms with Gasteiger partial charge >= 0.3 is 17.7 Å². The van der Waals surface area contributed by atoms with Crippen LogP contribution in [0.1, 0.15) is 44.6 Å². The number of likely N-dealkylation sites (N-methyl/N-ethyl adjacent to an activating group) is 1. The molecule has 3 aromatic rings. The number of likely N-dealkylation sites (tertiary alicyclic amines) is 1. The van der Waals surface area contributed by atoms with Gasteiger partial charge in [-0.05, 0) is 56.3 Å². The van der Waals surface area contributed by atoms with Crippen LogP contribution in [0.4, 0.5) is 5.82 Å². The predicted octanol–water partition coefficient (Wildman–Crippen LogP) is 2.24. The molecule has 13 heteroatoms. The van der Waals surface area contributed by atoms with E-state index in [0.29, 0.717) is 68.8 Å². The number of aryl methyl sites for hydroxylation is 1. The number of carbonyl (C=O) groups is 2. The van der Waals surface area contributed by atoms with Crippen LogP contribution in [0.5, 0.6) is 11.8 Å². The number of piperidine rings is 1. The molecule has 3 heterocycles. The van der Waals surface area contributed by atoms with E-state index in [0.717, 1.165) is 37.7 Å². The van der Waals surface area contributed by atoms with Crippen LogP contribution >= 0.6 is 0 Å². The van der Waals surface area contributed by atoms with Crippen molar-refractivity contribution in [3.63, 3.8) is 0 Å². The first-order chi connectivity index (χ1) is 20.8. The molecule has 1 aromatic carbocycles. The minimum atomic E-state index is -0.299. The molecular weight excluding hydrogens is 554 g/mol. The van der Waals surface area contributed by atoms with Crippen molar-refractivity contribution in [3.8, 4) is 11.8 Å². The number of ether oxygens (including phenoxy) is 3. The summed E-state index contributed by atoms with van der Waals surface area (Å²) in [4.78, 5) is 52.3. The number of amides is 1. The summed E-state index contributed by atoms with van der Waals surface area (Å²) in [5, 5.41) is 0. The second-order valence-corrected chi connectivity index (χ2v) is 11.0. The molecule has 0 atom stereocenters. The topological polar surface area (TPSA) is 158 Å². The Morgan fingerprint density at radius 3 is 2.70 bits per heavy atom. The Balaban J connectivity index is 1.20. The van der Waals surface area contributed by atoms with E-state index in [9.17, 15) is 14.4 Å². The number of nitrogens with two attached hydrogens (primary N) is 1. The van der Waals surface area contributed by atoms with Crippen LogP contribution in [0, 0.1) is 5.92 Å². The van der Waals surface area contributed by atoms with Crippen LogP contribution in [-0.2, 0) is 27.3 Å². The van der Waals surface area contributed by atoms with Gasteiger partial charge in [-0.3, -0.25) is 19.1 Å². The smallest absolute Gasteiger partial charge is 0.327 e. The van der Waals surface area contributed by atoms with E-state index in [-0.39, 0.29) is 35.8 Å². The second-order valence-electron chi connectivity index (χ2n) is 11.0. The second kappa shape index (κ2) is 15.4. The number of nitrogens with one attached hydrogen (secondary N) is 1. The van der Waals surface area contributed by atoms with Crippen LogP contribution in [-0.4, -0.2) is 94.7 Å². The summed E-state index contributed by atoms with van der Waals surface area (Å²) < 4.78 is 17.8. The predicted molar refractivity (Wildman–Crippen MR) is 162 cm³/mol. The monoisotopic (exact) mass is 597 g/mol. The highest BCUT2D eigenvalue weighted by atomic mass is 16.5. The number of carbonyl (C=O) groups excluding carboxylic acids is 2. The van der Waals surface area contributed by atoms with E-state index >= 15 is 0 Å². The highest BCUT2D eigenvalue weighted by Gasteiger charge is 2.24. The first-order valence-electron chi connectivity index (χ1n) is 14.9. The van der Waals surface area contributed by atoms with Crippen molar-refractivity contribution < 1.29 is 23.8 Å². The maximum Gasteiger partial charge on any atom is 0.327 e. The summed E-state index contributed by atoms with van der Waals surface area (Å²) in [5.41, 5.74) is 7.50. The lowest BCUT2D eigenvalue weighted by atomic mass is 9.93. The molecule has 1 amide bonds. The Morgan fingerprint density at radius 2 is 1.95 bits per heavy atom. The van der Waals surface area contributed by atoms with Gasteiger partial charge in [0.25, 0.3) is 0 Å². The molecule has 0 unspecified atom stereocenters. The molecule has 0 bridgehead atoms. The lowest BCUT2D eigenvalue weighted by Gasteiger charge is -2.33. The van der Waals surface area contributed by atoms with Gasteiger partial charge in [-0.1, -0.05) is 25.5 Å². The maximum atomic E-state index is 12.9. The quantitative estimate of drug-likeness (QED) is 0.197. The van der Waals surface area contributed by atoms with E-state index in [2.05, 4.69) is 21.9 Å². The van der Waals surface area contributed by atoms with Gasteiger partial charge in [0.1, 0.15) is 17.9 Å². The van der Waals surface area contributed by atoms with Crippen molar-refractivity contribution in [2.45, 2.75) is 52.0 Å². The number of nitrogens with zero attached hydrogens (tertiary/aromatic N) is 5. The molecule has 0 aliphatic carbocycles. The van der Waals surface area contributed by atoms with E-state index in [1.807, 2.05) is 41.1 Å². The highest BCUT2D eigenvalue weighted by molar-refractivity contribution is 5.82. The van der Waals surface area contributed by atoms with Gasteiger partial charge in [0.15, 0.2) is 11.5 Å². The summed E-state index contributed by atoms with van der Waals surface area (Å²) in [6, 6.07) is 7.54. The summed E-state index contributed by atoms with van der Waals surface area (Å²) >= 11 is 0. The van der Waals surface area contributed by atoms with Crippen molar-refractivity contribution in [2.75, 3.05) is 59.3 Å². The molecule has 0 spiro atoms. The fraction of sp³-hybridized carbons (Fsp3) is 0.567. The number of H-pyrrole nitrogens is 1. The molecule has 4 rings (SSSR count). The molecule has 3 N–H and O–H groups in total. The van der Waals surface area contributed by atoms with Crippen molar-refractivity contribution in [2.24, 2.45) is 5.92 Å². The molecule has 0 radical (unpaired) electrons. The summed E-state index contributed by atoms with van der Waals surface area (Å²) in [6.45, 7) is 5.75. The normalized spacial score (nSPS) is 13.9. The molecule has 234 valence electrons. The average Bonchev–Trinajstić information content (AvgIpc) is 3.31. The summed E-state index contributed by atoms with van der Waals surface area (Å²) in [7, 11) is 3.27. The number of benzene rings is 1. The summed E-state index contributed by atoms with van der Waals surface area (Å²) in [6.07, 6.45) is 4.60. The number of unbranched alkanes of at least 4 members (excludes halogenated alkanes) is 1. The van der Waals surface area contributed by atoms with E-state index < -0.39 is 0 Å². The zero-order valence-corrected chi connectivity index (χ0v) is 25.3. The number of hydrogen-bond acceptors (Lipinski definition) is 10. The molecule has 1 saturated heterocycles. The zero-order chi connectivity index (χ0) is 30.8. The largest absolute Gasteiger partial charge is 0.492 e. The van der Waals surface area contributed by atoms with Crippen LogP contribution < -0.4 is 20.9 Å². The number of anilines is 1. The minimum absolute atomic E-state index is 0.0941. The Labute approximate surface area is 251 Å². The number of imidazole rings is 1. The molecule has 0 saturated carbocycles. The number of fused-ring (bicyclic) bond motifs is 1.